The third-order valence-corrected chi connectivity index (χ3v) is 4.74. The number of guanidine groups is 1. The molecule has 1 aromatic rings. The summed E-state index contributed by atoms with van der Waals surface area (Å²) in [6.45, 7) is 3.10. The molecule has 1 unspecified atom stereocenters. The van der Waals surface area contributed by atoms with Crippen molar-refractivity contribution in [3.8, 4) is 0 Å². The van der Waals surface area contributed by atoms with Crippen LogP contribution in [0.25, 0.3) is 0 Å². The van der Waals surface area contributed by atoms with Gasteiger partial charge in [0.1, 0.15) is 5.76 Å². The largest absolute Gasteiger partial charge is 0.468 e. The number of piperidine rings is 1. The Balaban J connectivity index is 0.00000208. The lowest BCUT2D eigenvalue weighted by Crippen LogP contribution is -2.46. The standard InChI is InChI=1S/C18H28N4O.HI/c1-19-18(21-15-8-3-4-9-15)20-14-16(17-10-7-13-23-17)22-11-5-2-6-12-22;/h3-4,7,10,13,15-16H,2,5-6,8-9,11-12,14H2,1H3,(H2,19,20,21);1H. The fraction of sp³-hybridized carbons (Fsp3) is 0.611. The third-order valence-electron chi connectivity index (χ3n) is 4.74. The molecule has 3 rings (SSSR count). The van der Waals surface area contributed by atoms with Crippen LogP contribution >= 0.6 is 24.0 Å². The van der Waals surface area contributed by atoms with Gasteiger partial charge in [0.05, 0.1) is 12.3 Å². The fourth-order valence-electron chi connectivity index (χ4n) is 3.44. The minimum absolute atomic E-state index is 0. The number of nitrogens with zero attached hydrogens (tertiary/aromatic N) is 2. The lowest BCUT2D eigenvalue weighted by atomic mass is 10.1. The SMILES string of the molecule is CN=C(NCC(c1ccco1)N1CCCCC1)NC1CC=CC1.I. The molecule has 1 atom stereocenters. The molecular weight excluding hydrogens is 415 g/mol. The van der Waals surface area contributed by atoms with E-state index < -0.39 is 0 Å². The van der Waals surface area contributed by atoms with Gasteiger partial charge in [0.15, 0.2) is 5.96 Å². The lowest BCUT2D eigenvalue weighted by Gasteiger charge is -2.34. The Bertz CT molecular complexity index is 515. The summed E-state index contributed by atoms with van der Waals surface area (Å²) in [7, 11) is 1.83. The number of furan rings is 1. The van der Waals surface area contributed by atoms with Crippen LogP contribution in [0.15, 0.2) is 40.0 Å². The number of halogens is 1. The zero-order valence-electron chi connectivity index (χ0n) is 14.4. The first-order valence-electron chi connectivity index (χ1n) is 8.76. The Hall–Kier alpha value is -1.02. The topological polar surface area (TPSA) is 52.8 Å². The van der Waals surface area contributed by atoms with E-state index in [1.165, 1.54) is 19.3 Å². The quantitative estimate of drug-likeness (QED) is 0.317. The van der Waals surface area contributed by atoms with Gasteiger partial charge in [-0.2, -0.15) is 0 Å². The van der Waals surface area contributed by atoms with Gasteiger partial charge in [0.25, 0.3) is 0 Å². The highest BCUT2D eigenvalue weighted by molar-refractivity contribution is 14.0. The summed E-state index contributed by atoms with van der Waals surface area (Å²) in [5, 5.41) is 6.99. The number of hydrogen-bond acceptors (Lipinski definition) is 3. The number of aliphatic imine (C=N–C) groups is 1. The van der Waals surface area contributed by atoms with Crippen molar-refractivity contribution in [3.05, 3.63) is 36.3 Å². The monoisotopic (exact) mass is 444 g/mol. The van der Waals surface area contributed by atoms with E-state index in [9.17, 15) is 0 Å². The van der Waals surface area contributed by atoms with Gasteiger partial charge in [0, 0.05) is 19.6 Å². The highest BCUT2D eigenvalue weighted by atomic mass is 127. The van der Waals surface area contributed by atoms with Crippen molar-refractivity contribution in [2.75, 3.05) is 26.7 Å². The van der Waals surface area contributed by atoms with Gasteiger partial charge in [-0.15, -0.1) is 24.0 Å². The first kappa shape index (κ1) is 19.3. The molecule has 134 valence electrons. The smallest absolute Gasteiger partial charge is 0.191 e. The molecule has 0 radical (unpaired) electrons. The second-order valence-corrected chi connectivity index (χ2v) is 6.37. The zero-order chi connectivity index (χ0) is 15.9. The van der Waals surface area contributed by atoms with Crippen LogP contribution in [0.4, 0.5) is 0 Å². The van der Waals surface area contributed by atoms with E-state index >= 15 is 0 Å². The van der Waals surface area contributed by atoms with Crippen molar-refractivity contribution in [1.82, 2.24) is 15.5 Å². The van der Waals surface area contributed by atoms with E-state index in [1.54, 1.807) is 6.26 Å². The summed E-state index contributed by atoms with van der Waals surface area (Å²) < 4.78 is 5.70. The van der Waals surface area contributed by atoms with E-state index in [-0.39, 0.29) is 30.0 Å². The highest BCUT2D eigenvalue weighted by Crippen LogP contribution is 2.24. The molecule has 1 aromatic heterocycles. The average molecular weight is 444 g/mol. The molecule has 5 nitrogen and oxygen atoms in total. The second kappa shape index (κ2) is 10.1. The third kappa shape index (κ3) is 5.24. The van der Waals surface area contributed by atoms with Crippen LogP contribution in [0.3, 0.4) is 0 Å². The molecule has 0 amide bonds. The number of nitrogens with one attached hydrogen (secondary N) is 2. The summed E-state index contributed by atoms with van der Waals surface area (Å²) in [4.78, 5) is 6.89. The van der Waals surface area contributed by atoms with Crippen LogP contribution in [0.2, 0.25) is 0 Å². The second-order valence-electron chi connectivity index (χ2n) is 6.37. The van der Waals surface area contributed by atoms with Gasteiger partial charge in [-0.25, -0.2) is 0 Å². The van der Waals surface area contributed by atoms with Gasteiger partial charge < -0.3 is 15.1 Å². The molecule has 0 spiro atoms. The normalized spacial score (nSPS) is 20.6. The molecule has 2 aliphatic rings. The van der Waals surface area contributed by atoms with Crippen LogP contribution in [-0.4, -0.2) is 43.6 Å². The Morgan fingerprint density at radius 1 is 1.29 bits per heavy atom. The van der Waals surface area contributed by atoms with Crippen molar-refractivity contribution in [2.24, 2.45) is 4.99 Å². The predicted molar refractivity (Wildman–Crippen MR) is 109 cm³/mol. The molecule has 2 N–H and O–H groups in total. The maximum atomic E-state index is 5.70. The summed E-state index contributed by atoms with van der Waals surface area (Å²) in [5.74, 6) is 1.92. The molecule has 1 fully saturated rings. The molecule has 1 aliphatic carbocycles. The Labute approximate surface area is 162 Å². The molecule has 6 heteroatoms. The summed E-state index contributed by atoms with van der Waals surface area (Å²) in [6, 6.07) is 4.80. The maximum absolute atomic E-state index is 5.70. The predicted octanol–water partition coefficient (Wildman–Crippen LogP) is 3.31. The van der Waals surface area contributed by atoms with E-state index in [0.29, 0.717) is 6.04 Å². The van der Waals surface area contributed by atoms with E-state index in [0.717, 1.165) is 44.2 Å². The minimum atomic E-state index is 0. The number of rotatable bonds is 5. The molecule has 1 saturated heterocycles. The van der Waals surface area contributed by atoms with Crippen LogP contribution in [-0.2, 0) is 0 Å². The molecule has 0 bridgehead atoms. The zero-order valence-corrected chi connectivity index (χ0v) is 16.7. The summed E-state index contributed by atoms with van der Waals surface area (Å²) >= 11 is 0. The maximum Gasteiger partial charge on any atom is 0.191 e. The Morgan fingerprint density at radius 2 is 2.04 bits per heavy atom. The summed E-state index contributed by atoms with van der Waals surface area (Å²) in [6.07, 6.45) is 12.3. The van der Waals surface area contributed by atoms with Crippen LogP contribution in [0, 0.1) is 0 Å². The highest BCUT2D eigenvalue weighted by Gasteiger charge is 2.24. The van der Waals surface area contributed by atoms with Gasteiger partial charge in [-0.3, -0.25) is 9.89 Å². The average Bonchev–Trinajstić information content (AvgIpc) is 3.29. The van der Waals surface area contributed by atoms with Gasteiger partial charge >= 0.3 is 0 Å². The van der Waals surface area contributed by atoms with Crippen molar-refractivity contribution in [1.29, 1.82) is 0 Å². The number of hydrogen-bond donors (Lipinski definition) is 2. The molecule has 2 heterocycles. The van der Waals surface area contributed by atoms with E-state index in [4.69, 9.17) is 4.42 Å². The van der Waals surface area contributed by atoms with Crippen LogP contribution in [0.1, 0.15) is 43.9 Å². The van der Waals surface area contributed by atoms with Gasteiger partial charge in [-0.05, 0) is 50.9 Å². The summed E-state index contributed by atoms with van der Waals surface area (Å²) in [5.41, 5.74) is 0. The number of likely N-dealkylation sites (tertiary alicyclic amines) is 1. The first-order chi connectivity index (χ1) is 11.4. The van der Waals surface area contributed by atoms with Gasteiger partial charge in [0.2, 0.25) is 0 Å². The fourth-order valence-corrected chi connectivity index (χ4v) is 3.44. The van der Waals surface area contributed by atoms with Crippen molar-refractivity contribution >= 4 is 29.9 Å². The van der Waals surface area contributed by atoms with E-state index in [1.807, 2.05) is 13.1 Å². The van der Waals surface area contributed by atoms with Crippen molar-refractivity contribution in [3.63, 3.8) is 0 Å². The molecule has 0 saturated carbocycles. The molecular formula is C18H29IN4O. The van der Waals surface area contributed by atoms with Crippen molar-refractivity contribution < 1.29 is 4.42 Å². The minimum Gasteiger partial charge on any atom is -0.468 e. The first-order valence-corrected chi connectivity index (χ1v) is 8.76. The van der Waals surface area contributed by atoms with Crippen LogP contribution < -0.4 is 10.6 Å². The molecule has 1 aliphatic heterocycles. The van der Waals surface area contributed by atoms with Crippen molar-refractivity contribution in [2.45, 2.75) is 44.2 Å². The Kier molecular flexibility index (Phi) is 8.11. The van der Waals surface area contributed by atoms with Gasteiger partial charge in [-0.1, -0.05) is 18.6 Å². The lowest BCUT2D eigenvalue weighted by molar-refractivity contribution is 0.146. The van der Waals surface area contributed by atoms with Crippen LogP contribution in [0.5, 0.6) is 0 Å². The van der Waals surface area contributed by atoms with E-state index in [2.05, 4.69) is 38.7 Å². The molecule has 0 aromatic carbocycles. The molecule has 24 heavy (non-hydrogen) atoms. The Morgan fingerprint density at radius 3 is 2.67 bits per heavy atom.